The van der Waals surface area contributed by atoms with Crippen molar-refractivity contribution in [1.82, 2.24) is 10.0 Å². The Kier molecular flexibility index (Phi) is 4.57. The number of hydrogen-bond donors (Lipinski definition) is 3. The van der Waals surface area contributed by atoms with Crippen molar-refractivity contribution in [3.63, 3.8) is 0 Å². The highest BCUT2D eigenvalue weighted by atomic mass is 32.2. The molecule has 6 heteroatoms. The predicted molar refractivity (Wildman–Crippen MR) is 68.3 cm³/mol. The van der Waals surface area contributed by atoms with Gasteiger partial charge in [-0.05, 0) is 26.7 Å². The molecule has 5 nitrogen and oxygen atoms in total. The Hall–Kier alpha value is -0.170. The van der Waals surface area contributed by atoms with Crippen LogP contribution in [-0.4, -0.2) is 44.0 Å². The van der Waals surface area contributed by atoms with Crippen molar-refractivity contribution in [2.24, 2.45) is 0 Å². The van der Waals surface area contributed by atoms with Crippen LogP contribution in [-0.2, 0) is 10.0 Å². The summed E-state index contributed by atoms with van der Waals surface area (Å²) in [5, 5.41) is 13.3. The van der Waals surface area contributed by atoms with E-state index in [1.807, 2.05) is 13.8 Å². The quantitative estimate of drug-likeness (QED) is 0.641. The van der Waals surface area contributed by atoms with E-state index >= 15 is 0 Å². The zero-order chi connectivity index (χ0) is 13.2. The average Bonchev–Trinajstić information content (AvgIpc) is 2.47. The molecule has 0 aromatic rings. The van der Waals surface area contributed by atoms with Crippen LogP contribution in [0.4, 0.5) is 0 Å². The average molecular weight is 264 g/mol. The Morgan fingerprint density at radius 1 is 1.29 bits per heavy atom. The summed E-state index contributed by atoms with van der Waals surface area (Å²) in [7, 11) is -3.20. The molecule has 0 aromatic heterocycles. The fourth-order valence-corrected chi connectivity index (χ4v) is 3.43. The Morgan fingerprint density at radius 2 is 1.82 bits per heavy atom. The standard InChI is InChI=1S/C11H24N2O3S/c1-10(2,13-17(3,15)16)8-12-9-11(14)6-4-5-7-11/h12-14H,4-9H2,1-3H3. The van der Waals surface area contributed by atoms with Crippen LogP contribution in [0.1, 0.15) is 39.5 Å². The second kappa shape index (κ2) is 5.22. The second-order valence-corrected chi connectivity index (χ2v) is 7.54. The lowest BCUT2D eigenvalue weighted by Gasteiger charge is -2.28. The third kappa shape index (κ3) is 5.81. The molecule has 0 atom stereocenters. The molecule has 0 radical (unpaired) electrons. The van der Waals surface area contributed by atoms with E-state index in [1.54, 1.807) is 0 Å². The normalized spacial score (nSPS) is 20.7. The Labute approximate surface area is 104 Å². The van der Waals surface area contributed by atoms with Crippen molar-refractivity contribution in [3.8, 4) is 0 Å². The third-order valence-corrected chi connectivity index (χ3v) is 3.94. The summed E-state index contributed by atoms with van der Waals surface area (Å²) in [4.78, 5) is 0. The van der Waals surface area contributed by atoms with Crippen LogP contribution in [0.25, 0.3) is 0 Å². The smallest absolute Gasteiger partial charge is 0.209 e. The van der Waals surface area contributed by atoms with E-state index < -0.39 is 21.2 Å². The van der Waals surface area contributed by atoms with E-state index in [-0.39, 0.29) is 0 Å². The van der Waals surface area contributed by atoms with Gasteiger partial charge in [0.2, 0.25) is 10.0 Å². The molecule has 0 aliphatic heterocycles. The molecule has 102 valence electrons. The van der Waals surface area contributed by atoms with Crippen molar-refractivity contribution in [2.75, 3.05) is 19.3 Å². The lowest BCUT2D eigenvalue weighted by atomic mass is 10.0. The number of nitrogens with one attached hydrogen (secondary N) is 2. The van der Waals surface area contributed by atoms with Crippen molar-refractivity contribution in [3.05, 3.63) is 0 Å². The molecule has 0 spiro atoms. The predicted octanol–water partition coefficient (Wildman–Crippen LogP) is 0.209. The molecular weight excluding hydrogens is 240 g/mol. The van der Waals surface area contributed by atoms with Crippen LogP contribution < -0.4 is 10.0 Å². The number of aliphatic hydroxyl groups is 1. The largest absolute Gasteiger partial charge is 0.389 e. The lowest BCUT2D eigenvalue weighted by Crippen LogP contribution is -2.52. The van der Waals surface area contributed by atoms with Crippen LogP contribution in [0.15, 0.2) is 0 Å². The number of sulfonamides is 1. The van der Waals surface area contributed by atoms with Crippen molar-refractivity contribution >= 4 is 10.0 Å². The molecule has 0 aromatic carbocycles. The van der Waals surface area contributed by atoms with E-state index in [9.17, 15) is 13.5 Å². The van der Waals surface area contributed by atoms with E-state index in [4.69, 9.17) is 0 Å². The van der Waals surface area contributed by atoms with Gasteiger partial charge < -0.3 is 10.4 Å². The Bertz CT molecular complexity index is 346. The molecule has 1 aliphatic carbocycles. The summed E-state index contributed by atoms with van der Waals surface area (Å²) in [5.41, 5.74) is -1.14. The molecule has 1 fully saturated rings. The van der Waals surface area contributed by atoms with Crippen molar-refractivity contribution < 1.29 is 13.5 Å². The van der Waals surface area contributed by atoms with E-state index in [1.165, 1.54) is 0 Å². The highest BCUT2D eigenvalue weighted by Crippen LogP contribution is 2.28. The van der Waals surface area contributed by atoms with Gasteiger partial charge >= 0.3 is 0 Å². The van der Waals surface area contributed by atoms with Crippen molar-refractivity contribution in [2.45, 2.75) is 50.7 Å². The molecule has 0 amide bonds. The molecule has 0 unspecified atom stereocenters. The van der Waals surface area contributed by atoms with E-state index in [2.05, 4.69) is 10.0 Å². The van der Waals surface area contributed by atoms with E-state index in [0.717, 1.165) is 31.9 Å². The molecule has 17 heavy (non-hydrogen) atoms. The molecule has 1 rings (SSSR count). The zero-order valence-corrected chi connectivity index (χ0v) is 11.7. The Balaban J connectivity index is 2.34. The maximum Gasteiger partial charge on any atom is 0.209 e. The lowest BCUT2D eigenvalue weighted by molar-refractivity contribution is 0.0467. The van der Waals surface area contributed by atoms with Crippen LogP contribution in [0.2, 0.25) is 0 Å². The maximum absolute atomic E-state index is 11.1. The second-order valence-electron chi connectivity index (χ2n) is 5.79. The summed E-state index contributed by atoms with van der Waals surface area (Å²) in [6.07, 6.45) is 4.96. The first kappa shape index (κ1) is 14.9. The topological polar surface area (TPSA) is 78.4 Å². The first-order valence-corrected chi connectivity index (χ1v) is 7.93. The van der Waals surface area contributed by atoms with Gasteiger partial charge in [0.15, 0.2) is 0 Å². The van der Waals surface area contributed by atoms with Gasteiger partial charge in [0.05, 0.1) is 11.9 Å². The highest BCUT2D eigenvalue weighted by molar-refractivity contribution is 7.88. The molecule has 3 N–H and O–H groups in total. The summed E-state index contributed by atoms with van der Waals surface area (Å²) in [6.45, 7) is 4.67. The van der Waals surface area contributed by atoms with Crippen LogP contribution >= 0.6 is 0 Å². The van der Waals surface area contributed by atoms with Crippen LogP contribution in [0.5, 0.6) is 0 Å². The molecule has 1 saturated carbocycles. The fraction of sp³-hybridized carbons (Fsp3) is 1.00. The molecule has 0 bridgehead atoms. The van der Waals surface area contributed by atoms with Crippen LogP contribution in [0.3, 0.4) is 0 Å². The maximum atomic E-state index is 11.1. The molecular formula is C11H24N2O3S. The number of hydrogen-bond acceptors (Lipinski definition) is 4. The van der Waals surface area contributed by atoms with Gasteiger partial charge in [-0.15, -0.1) is 0 Å². The SMILES string of the molecule is CC(C)(CNCC1(O)CCCC1)NS(C)(=O)=O. The van der Waals surface area contributed by atoms with Gasteiger partial charge in [0.1, 0.15) is 0 Å². The van der Waals surface area contributed by atoms with Gasteiger partial charge in [0, 0.05) is 18.6 Å². The summed E-state index contributed by atoms with van der Waals surface area (Å²) in [5.74, 6) is 0. The van der Waals surface area contributed by atoms with Gasteiger partial charge in [-0.2, -0.15) is 0 Å². The first-order valence-electron chi connectivity index (χ1n) is 6.04. The Morgan fingerprint density at radius 3 is 2.29 bits per heavy atom. The van der Waals surface area contributed by atoms with Gasteiger partial charge in [-0.25, -0.2) is 13.1 Å². The van der Waals surface area contributed by atoms with Crippen LogP contribution in [0, 0.1) is 0 Å². The molecule has 0 heterocycles. The summed E-state index contributed by atoms with van der Waals surface area (Å²) in [6, 6.07) is 0. The molecule has 0 saturated heterocycles. The fourth-order valence-electron chi connectivity index (χ4n) is 2.36. The number of rotatable bonds is 6. The highest BCUT2D eigenvalue weighted by Gasteiger charge is 2.31. The minimum atomic E-state index is -3.20. The first-order chi connectivity index (χ1) is 7.62. The van der Waals surface area contributed by atoms with E-state index in [0.29, 0.717) is 13.1 Å². The van der Waals surface area contributed by atoms with Gasteiger partial charge in [-0.1, -0.05) is 12.8 Å². The van der Waals surface area contributed by atoms with Gasteiger partial charge in [-0.3, -0.25) is 0 Å². The van der Waals surface area contributed by atoms with Crippen molar-refractivity contribution in [1.29, 1.82) is 0 Å². The third-order valence-electron chi connectivity index (χ3n) is 3.02. The van der Waals surface area contributed by atoms with Gasteiger partial charge in [0.25, 0.3) is 0 Å². The zero-order valence-electron chi connectivity index (χ0n) is 10.9. The minimum absolute atomic E-state index is 0.502. The summed E-state index contributed by atoms with van der Waals surface area (Å²) >= 11 is 0. The minimum Gasteiger partial charge on any atom is -0.389 e. The summed E-state index contributed by atoms with van der Waals surface area (Å²) < 4.78 is 24.8. The molecule has 1 aliphatic rings. The monoisotopic (exact) mass is 264 g/mol.